The van der Waals surface area contributed by atoms with Crippen molar-refractivity contribution in [1.82, 2.24) is 0 Å². The Morgan fingerprint density at radius 3 is 2.17 bits per heavy atom. The minimum absolute atomic E-state index is 0.0739. The first-order valence-electron chi connectivity index (χ1n) is 4.75. The summed E-state index contributed by atoms with van der Waals surface area (Å²) >= 11 is 7.87. The third-order valence-electron chi connectivity index (χ3n) is 2.35. The van der Waals surface area contributed by atoms with E-state index in [1.54, 1.807) is 6.07 Å². The second-order valence-corrected chi connectivity index (χ2v) is 6.79. The van der Waals surface area contributed by atoms with E-state index in [1.807, 2.05) is 0 Å². The van der Waals surface area contributed by atoms with E-state index < -0.39 is 23.5 Å². The van der Waals surface area contributed by atoms with Crippen molar-refractivity contribution in [2.24, 2.45) is 5.73 Å². The van der Waals surface area contributed by atoms with Gasteiger partial charge in [0.05, 0.1) is 9.83 Å². The largest absolute Gasteiger partial charge is 0.320 e. The van der Waals surface area contributed by atoms with E-state index in [2.05, 4.69) is 31.9 Å². The predicted octanol–water partition coefficient (Wildman–Crippen LogP) is 4.74. The van der Waals surface area contributed by atoms with Gasteiger partial charge in [0.1, 0.15) is 5.82 Å². The molecule has 18 heavy (non-hydrogen) atoms. The first-order valence-corrected chi connectivity index (χ1v) is 7.15. The summed E-state index contributed by atoms with van der Waals surface area (Å²) in [5.74, 6) is -3.20. The quantitative estimate of drug-likeness (QED) is 0.724. The maximum absolute atomic E-state index is 13.6. The Kier molecular flexibility index (Phi) is 4.15. The summed E-state index contributed by atoms with van der Waals surface area (Å²) in [4.78, 5) is 0.638. The molecule has 0 saturated heterocycles. The van der Waals surface area contributed by atoms with Crippen LogP contribution in [-0.2, 0) is 0 Å². The summed E-state index contributed by atoms with van der Waals surface area (Å²) in [7, 11) is 0. The van der Waals surface area contributed by atoms with E-state index in [0.717, 1.165) is 14.3 Å². The molecule has 96 valence electrons. The van der Waals surface area contributed by atoms with Gasteiger partial charge in [0.25, 0.3) is 0 Å². The van der Waals surface area contributed by atoms with Crippen molar-refractivity contribution in [1.29, 1.82) is 0 Å². The number of benzene rings is 1. The van der Waals surface area contributed by atoms with E-state index in [1.165, 1.54) is 11.3 Å². The highest BCUT2D eigenvalue weighted by Crippen LogP contribution is 2.37. The summed E-state index contributed by atoms with van der Waals surface area (Å²) in [5, 5.41) is 0. The van der Waals surface area contributed by atoms with E-state index in [9.17, 15) is 13.2 Å². The fourth-order valence-electron chi connectivity index (χ4n) is 1.45. The van der Waals surface area contributed by atoms with Gasteiger partial charge in [-0.3, -0.25) is 0 Å². The lowest BCUT2D eigenvalue weighted by atomic mass is 10.1. The Hall–Kier alpha value is -0.370. The standard InChI is InChI=1S/C11H6Br2F3NS/c12-5-2-9(18-11(5)13)10(17)4-1-7(15)8(16)3-6(4)14/h1-3,10H,17H2. The lowest BCUT2D eigenvalue weighted by Gasteiger charge is -2.11. The predicted molar refractivity (Wildman–Crippen MR) is 72.1 cm³/mol. The Morgan fingerprint density at radius 1 is 1.00 bits per heavy atom. The van der Waals surface area contributed by atoms with Crippen LogP contribution < -0.4 is 5.73 Å². The van der Waals surface area contributed by atoms with E-state index >= 15 is 0 Å². The Morgan fingerprint density at radius 2 is 1.61 bits per heavy atom. The zero-order valence-electron chi connectivity index (χ0n) is 8.68. The van der Waals surface area contributed by atoms with Crippen molar-refractivity contribution < 1.29 is 13.2 Å². The molecule has 2 N–H and O–H groups in total. The number of thiophene rings is 1. The number of halogens is 5. The second-order valence-electron chi connectivity index (χ2n) is 3.54. The van der Waals surface area contributed by atoms with Crippen LogP contribution in [-0.4, -0.2) is 0 Å². The molecule has 0 saturated carbocycles. The average molecular weight is 401 g/mol. The molecule has 1 atom stereocenters. The van der Waals surface area contributed by atoms with Gasteiger partial charge in [-0.25, -0.2) is 13.2 Å². The van der Waals surface area contributed by atoms with Crippen LogP contribution in [0.1, 0.15) is 16.5 Å². The van der Waals surface area contributed by atoms with Gasteiger partial charge in [-0.15, -0.1) is 11.3 Å². The molecule has 1 aromatic carbocycles. The van der Waals surface area contributed by atoms with Crippen LogP contribution in [0.3, 0.4) is 0 Å². The smallest absolute Gasteiger partial charge is 0.161 e. The maximum atomic E-state index is 13.6. The topological polar surface area (TPSA) is 26.0 Å². The summed E-state index contributed by atoms with van der Waals surface area (Å²) < 4.78 is 41.1. The summed E-state index contributed by atoms with van der Waals surface area (Å²) in [6.45, 7) is 0. The molecule has 0 fully saturated rings. The Bertz CT molecular complexity index is 581. The molecule has 2 rings (SSSR count). The molecule has 0 aliphatic carbocycles. The second kappa shape index (κ2) is 5.32. The van der Waals surface area contributed by atoms with Gasteiger partial charge in [-0.2, -0.15) is 0 Å². The highest BCUT2D eigenvalue weighted by molar-refractivity contribution is 9.13. The molecule has 1 aromatic heterocycles. The van der Waals surface area contributed by atoms with Gasteiger partial charge < -0.3 is 5.73 Å². The van der Waals surface area contributed by atoms with Crippen LogP contribution in [0.15, 0.2) is 26.5 Å². The van der Waals surface area contributed by atoms with Crippen LogP contribution in [0.4, 0.5) is 13.2 Å². The maximum Gasteiger partial charge on any atom is 0.161 e. The SMILES string of the molecule is NC(c1cc(Br)c(Br)s1)c1cc(F)c(F)cc1F. The van der Waals surface area contributed by atoms with E-state index in [0.29, 0.717) is 10.9 Å². The molecule has 0 aliphatic rings. The van der Waals surface area contributed by atoms with Crippen molar-refractivity contribution in [2.75, 3.05) is 0 Å². The van der Waals surface area contributed by atoms with Crippen molar-refractivity contribution in [3.63, 3.8) is 0 Å². The van der Waals surface area contributed by atoms with Crippen LogP contribution >= 0.6 is 43.2 Å². The van der Waals surface area contributed by atoms with Crippen LogP contribution in [0.25, 0.3) is 0 Å². The number of hydrogen-bond donors (Lipinski definition) is 1. The minimum Gasteiger partial charge on any atom is -0.320 e. The van der Waals surface area contributed by atoms with Crippen LogP contribution in [0.5, 0.6) is 0 Å². The molecule has 0 bridgehead atoms. The van der Waals surface area contributed by atoms with Gasteiger partial charge in [-0.05, 0) is 44.0 Å². The van der Waals surface area contributed by atoms with Gasteiger partial charge in [0.2, 0.25) is 0 Å². The van der Waals surface area contributed by atoms with Crippen LogP contribution in [0, 0.1) is 17.5 Å². The van der Waals surface area contributed by atoms with Crippen molar-refractivity contribution in [2.45, 2.75) is 6.04 Å². The van der Waals surface area contributed by atoms with E-state index in [4.69, 9.17) is 5.73 Å². The molecular weight excluding hydrogens is 395 g/mol. The third kappa shape index (κ3) is 2.64. The molecular formula is C11H6Br2F3NS. The molecule has 2 aromatic rings. The van der Waals surface area contributed by atoms with Crippen molar-refractivity contribution >= 4 is 43.2 Å². The van der Waals surface area contributed by atoms with Crippen molar-refractivity contribution in [3.8, 4) is 0 Å². The fraction of sp³-hybridized carbons (Fsp3) is 0.0909. The Balaban J connectivity index is 2.45. The van der Waals surface area contributed by atoms with Gasteiger partial charge >= 0.3 is 0 Å². The zero-order chi connectivity index (χ0) is 13.4. The lowest BCUT2D eigenvalue weighted by molar-refractivity contribution is 0.488. The third-order valence-corrected chi connectivity index (χ3v) is 5.68. The Labute approximate surface area is 122 Å². The zero-order valence-corrected chi connectivity index (χ0v) is 12.7. The van der Waals surface area contributed by atoms with E-state index in [-0.39, 0.29) is 5.56 Å². The summed E-state index contributed by atoms with van der Waals surface area (Å²) in [5.41, 5.74) is 5.78. The molecule has 0 amide bonds. The fourth-order valence-corrected chi connectivity index (χ4v) is 3.56. The number of rotatable bonds is 2. The monoisotopic (exact) mass is 399 g/mol. The first-order chi connectivity index (χ1) is 8.40. The summed E-state index contributed by atoms with van der Waals surface area (Å²) in [6, 6.07) is 2.16. The van der Waals surface area contributed by atoms with Gasteiger partial charge in [-0.1, -0.05) is 0 Å². The molecule has 0 aliphatic heterocycles. The summed E-state index contributed by atoms with van der Waals surface area (Å²) in [6.07, 6.45) is 0. The highest BCUT2D eigenvalue weighted by atomic mass is 79.9. The number of hydrogen-bond acceptors (Lipinski definition) is 2. The van der Waals surface area contributed by atoms with Crippen molar-refractivity contribution in [3.05, 3.63) is 54.4 Å². The van der Waals surface area contributed by atoms with Gasteiger partial charge in [0.15, 0.2) is 11.6 Å². The molecule has 0 radical (unpaired) electrons. The molecule has 1 nitrogen and oxygen atoms in total. The first kappa shape index (κ1) is 14.0. The van der Waals surface area contributed by atoms with Crippen LogP contribution in [0.2, 0.25) is 0 Å². The molecule has 1 unspecified atom stereocenters. The molecule has 0 spiro atoms. The average Bonchev–Trinajstić information content (AvgIpc) is 2.63. The van der Waals surface area contributed by atoms with Gasteiger partial charge in [0, 0.05) is 21.0 Å². The minimum atomic E-state index is -1.23. The number of nitrogens with two attached hydrogens (primary N) is 1. The lowest BCUT2D eigenvalue weighted by Crippen LogP contribution is -2.13. The molecule has 1 heterocycles. The normalized spacial score (nSPS) is 12.8. The molecule has 7 heteroatoms. The highest BCUT2D eigenvalue weighted by Gasteiger charge is 2.19.